The van der Waals surface area contributed by atoms with Crippen molar-refractivity contribution in [1.82, 2.24) is 9.97 Å². The van der Waals surface area contributed by atoms with Gasteiger partial charge in [0.15, 0.2) is 0 Å². The molecule has 0 aliphatic heterocycles. The van der Waals surface area contributed by atoms with Crippen LogP contribution in [0.4, 0.5) is 13.2 Å². The highest BCUT2D eigenvalue weighted by Gasteiger charge is 2.11. The fourth-order valence-electron chi connectivity index (χ4n) is 1.68. The van der Waals surface area contributed by atoms with Gasteiger partial charge >= 0.3 is 6.01 Å². The van der Waals surface area contributed by atoms with E-state index < -0.39 is 17.5 Å². The van der Waals surface area contributed by atoms with Crippen LogP contribution in [0.15, 0.2) is 54.7 Å². The van der Waals surface area contributed by atoms with Crippen molar-refractivity contribution in [3.8, 4) is 23.4 Å². The standard InChI is InChI=1S/C16H9F3N2O2/c17-10-1-5-12(6-2-10)22-15-14(19)9-20-16(21-15)23-13-7-3-11(18)4-8-13/h1-9H. The molecule has 1 heterocycles. The van der Waals surface area contributed by atoms with Crippen LogP contribution in [0.25, 0.3) is 0 Å². The molecule has 116 valence electrons. The van der Waals surface area contributed by atoms with Gasteiger partial charge in [0.05, 0.1) is 6.20 Å². The van der Waals surface area contributed by atoms with Gasteiger partial charge in [-0.1, -0.05) is 0 Å². The van der Waals surface area contributed by atoms with Crippen molar-refractivity contribution in [2.75, 3.05) is 0 Å². The molecular weight excluding hydrogens is 309 g/mol. The Morgan fingerprint density at radius 1 is 0.696 bits per heavy atom. The molecule has 0 unspecified atom stereocenters. The number of halogens is 3. The minimum atomic E-state index is -0.805. The van der Waals surface area contributed by atoms with Gasteiger partial charge in [-0.3, -0.25) is 0 Å². The van der Waals surface area contributed by atoms with Gasteiger partial charge in [-0.05, 0) is 48.5 Å². The molecule has 0 spiro atoms. The van der Waals surface area contributed by atoms with Gasteiger partial charge in [0.1, 0.15) is 23.1 Å². The molecular formula is C16H9F3N2O2. The zero-order valence-electron chi connectivity index (χ0n) is 11.5. The molecule has 0 radical (unpaired) electrons. The summed E-state index contributed by atoms with van der Waals surface area (Å²) in [5.74, 6) is -1.55. The zero-order valence-corrected chi connectivity index (χ0v) is 11.5. The topological polar surface area (TPSA) is 44.2 Å². The van der Waals surface area contributed by atoms with Crippen LogP contribution in [-0.2, 0) is 0 Å². The normalized spacial score (nSPS) is 10.4. The summed E-state index contributed by atoms with van der Waals surface area (Å²) in [6, 6.07) is 9.99. The molecule has 1 aromatic heterocycles. The first-order chi connectivity index (χ1) is 11.1. The number of ether oxygens (including phenoxy) is 2. The van der Waals surface area contributed by atoms with E-state index >= 15 is 0 Å². The Hall–Kier alpha value is -3.09. The molecule has 0 amide bonds. The maximum atomic E-state index is 13.7. The Morgan fingerprint density at radius 2 is 1.22 bits per heavy atom. The zero-order chi connectivity index (χ0) is 16.2. The van der Waals surface area contributed by atoms with Crippen LogP contribution in [0, 0.1) is 17.5 Å². The summed E-state index contributed by atoms with van der Waals surface area (Å²) in [6.45, 7) is 0. The Morgan fingerprint density at radius 3 is 1.78 bits per heavy atom. The van der Waals surface area contributed by atoms with E-state index in [2.05, 4.69) is 9.97 Å². The molecule has 0 atom stereocenters. The van der Waals surface area contributed by atoms with Crippen molar-refractivity contribution in [2.24, 2.45) is 0 Å². The average Bonchev–Trinajstić information content (AvgIpc) is 2.55. The van der Waals surface area contributed by atoms with E-state index in [9.17, 15) is 13.2 Å². The first-order valence-corrected chi connectivity index (χ1v) is 6.49. The molecule has 0 saturated carbocycles. The molecule has 4 nitrogen and oxygen atoms in total. The van der Waals surface area contributed by atoms with Crippen LogP contribution in [0.2, 0.25) is 0 Å². The quantitative estimate of drug-likeness (QED) is 0.711. The summed E-state index contributed by atoms with van der Waals surface area (Å²) >= 11 is 0. The van der Waals surface area contributed by atoms with Gasteiger partial charge in [0.2, 0.25) is 5.82 Å². The third kappa shape index (κ3) is 3.76. The Labute approximate surface area is 129 Å². The number of benzene rings is 2. The van der Waals surface area contributed by atoms with E-state index in [0.29, 0.717) is 0 Å². The molecule has 0 aliphatic rings. The highest BCUT2D eigenvalue weighted by molar-refractivity contribution is 5.29. The maximum Gasteiger partial charge on any atom is 0.325 e. The average molecular weight is 318 g/mol. The van der Waals surface area contributed by atoms with E-state index in [0.717, 1.165) is 6.20 Å². The second kappa shape index (κ2) is 6.35. The number of nitrogens with zero attached hydrogens (tertiary/aromatic N) is 2. The summed E-state index contributed by atoms with van der Waals surface area (Å²) in [4.78, 5) is 7.46. The van der Waals surface area contributed by atoms with Crippen LogP contribution in [-0.4, -0.2) is 9.97 Å². The number of aromatic nitrogens is 2. The van der Waals surface area contributed by atoms with Crippen molar-refractivity contribution >= 4 is 0 Å². The van der Waals surface area contributed by atoms with E-state index in [1.54, 1.807) is 0 Å². The summed E-state index contributed by atoms with van der Waals surface area (Å²) in [5.41, 5.74) is 0. The molecule has 0 fully saturated rings. The number of hydrogen-bond donors (Lipinski definition) is 0. The molecule has 23 heavy (non-hydrogen) atoms. The molecule has 0 N–H and O–H groups in total. The Kier molecular flexibility index (Phi) is 4.09. The fourth-order valence-corrected chi connectivity index (χ4v) is 1.68. The van der Waals surface area contributed by atoms with Gasteiger partial charge in [-0.25, -0.2) is 13.8 Å². The van der Waals surface area contributed by atoms with Crippen molar-refractivity contribution in [1.29, 1.82) is 0 Å². The van der Waals surface area contributed by atoms with E-state index in [4.69, 9.17) is 9.47 Å². The second-order valence-corrected chi connectivity index (χ2v) is 4.42. The van der Waals surface area contributed by atoms with Crippen molar-refractivity contribution < 1.29 is 22.6 Å². The van der Waals surface area contributed by atoms with Crippen LogP contribution >= 0.6 is 0 Å². The van der Waals surface area contributed by atoms with Gasteiger partial charge < -0.3 is 9.47 Å². The Balaban J connectivity index is 1.81. The fraction of sp³-hybridized carbons (Fsp3) is 0. The minimum absolute atomic E-state index is 0.171. The monoisotopic (exact) mass is 318 g/mol. The first kappa shape index (κ1) is 14.8. The summed E-state index contributed by atoms with van der Waals surface area (Å²) in [6.07, 6.45) is 0.880. The number of rotatable bonds is 4. The maximum absolute atomic E-state index is 13.7. The highest BCUT2D eigenvalue weighted by Crippen LogP contribution is 2.25. The predicted molar refractivity (Wildman–Crippen MR) is 74.9 cm³/mol. The van der Waals surface area contributed by atoms with Crippen molar-refractivity contribution in [2.45, 2.75) is 0 Å². The minimum Gasteiger partial charge on any atom is -0.436 e. The molecule has 2 aromatic carbocycles. The van der Waals surface area contributed by atoms with Gasteiger partial charge in [-0.2, -0.15) is 9.37 Å². The van der Waals surface area contributed by atoms with Crippen LogP contribution < -0.4 is 9.47 Å². The summed E-state index contributed by atoms with van der Waals surface area (Å²) in [7, 11) is 0. The number of hydrogen-bond acceptors (Lipinski definition) is 4. The third-order valence-electron chi connectivity index (χ3n) is 2.74. The third-order valence-corrected chi connectivity index (χ3v) is 2.74. The van der Waals surface area contributed by atoms with E-state index in [-0.39, 0.29) is 23.4 Å². The molecule has 0 aliphatic carbocycles. The molecule has 3 aromatic rings. The highest BCUT2D eigenvalue weighted by atomic mass is 19.1. The first-order valence-electron chi connectivity index (χ1n) is 6.49. The molecule has 0 bridgehead atoms. The lowest BCUT2D eigenvalue weighted by molar-refractivity contribution is 0.385. The van der Waals surface area contributed by atoms with Gasteiger partial charge in [0.25, 0.3) is 5.88 Å². The lowest BCUT2D eigenvalue weighted by Crippen LogP contribution is -1.98. The van der Waals surface area contributed by atoms with E-state index in [1.807, 2.05) is 0 Å². The van der Waals surface area contributed by atoms with Crippen molar-refractivity contribution in [3.05, 3.63) is 72.2 Å². The van der Waals surface area contributed by atoms with Crippen LogP contribution in [0.5, 0.6) is 23.4 Å². The molecule has 0 saturated heterocycles. The SMILES string of the molecule is Fc1ccc(Oc2ncc(F)c(Oc3ccc(F)cc3)n2)cc1. The van der Waals surface area contributed by atoms with Crippen molar-refractivity contribution in [3.63, 3.8) is 0 Å². The lowest BCUT2D eigenvalue weighted by Gasteiger charge is -2.08. The second-order valence-electron chi connectivity index (χ2n) is 4.42. The lowest BCUT2D eigenvalue weighted by atomic mass is 10.3. The smallest absolute Gasteiger partial charge is 0.325 e. The van der Waals surface area contributed by atoms with Gasteiger partial charge in [0, 0.05) is 0 Å². The summed E-state index contributed by atoms with van der Waals surface area (Å²) in [5, 5.41) is 0. The molecule has 3 rings (SSSR count). The van der Waals surface area contributed by atoms with Gasteiger partial charge in [-0.15, -0.1) is 0 Å². The predicted octanol–water partition coefficient (Wildman–Crippen LogP) is 4.48. The molecule has 7 heteroatoms. The van der Waals surface area contributed by atoms with Crippen LogP contribution in [0.1, 0.15) is 0 Å². The Bertz CT molecular complexity index is 809. The summed E-state index contributed by atoms with van der Waals surface area (Å²) < 4.78 is 49.9. The van der Waals surface area contributed by atoms with Crippen LogP contribution in [0.3, 0.4) is 0 Å². The van der Waals surface area contributed by atoms with E-state index in [1.165, 1.54) is 48.5 Å². The largest absolute Gasteiger partial charge is 0.436 e.